The molecular formula is C8H9N5OS. The van der Waals surface area contributed by atoms with Gasteiger partial charge in [-0.1, -0.05) is 0 Å². The number of anilines is 1. The van der Waals surface area contributed by atoms with E-state index in [9.17, 15) is 4.79 Å². The molecule has 78 valence electrons. The summed E-state index contributed by atoms with van der Waals surface area (Å²) in [6.07, 6.45) is 3.09. The number of carbonyl (C=O) groups excluding carboxylic acids is 1. The van der Waals surface area contributed by atoms with Gasteiger partial charge in [0, 0.05) is 11.6 Å². The van der Waals surface area contributed by atoms with Crippen LogP contribution < -0.4 is 11.1 Å². The van der Waals surface area contributed by atoms with Crippen LogP contribution in [0, 0.1) is 0 Å². The van der Waals surface area contributed by atoms with Crippen molar-refractivity contribution in [2.24, 2.45) is 0 Å². The van der Waals surface area contributed by atoms with Gasteiger partial charge in [0.1, 0.15) is 10.7 Å². The first kappa shape index (κ1) is 9.66. The molecule has 0 spiro atoms. The van der Waals surface area contributed by atoms with Crippen LogP contribution in [0.25, 0.3) is 0 Å². The number of rotatable bonds is 3. The number of aromatic nitrogens is 3. The van der Waals surface area contributed by atoms with Gasteiger partial charge in [-0.2, -0.15) is 5.10 Å². The van der Waals surface area contributed by atoms with E-state index in [4.69, 9.17) is 5.73 Å². The summed E-state index contributed by atoms with van der Waals surface area (Å²) < 4.78 is 0. The fourth-order valence-corrected chi connectivity index (χ4v) is 1.62. The Morgan fingerprint density at radius 2 is 2.53 bits per heavy atom. The SMILES string of the molecule is Nc1cn[nH]c1C(=O)NCc1nccs1. The van der Waals surface area contributed by atoms with Crippen LogP contribution >= 0.6 is 11.3 Å². The van der Waals surface area contributed by atoms with Crippen molar-refractivity contribution in [1.82, 2.24) is 20.5 Å². The van der Waals surface area contributed by atoms with Gasteiger partial charge >= 0.3 is 0 Å². The summed E-state index contributed by atoms with van der Waals surface area (Å²) in [6, 6.07) is 0. The summed E-state index contributed by atoms with van der Waals surface area (Å²) in [7, 11) is 0. The van der Waals surface area contributed by atoms with E-state index in [0.29, 0.717) is 12.2 Å². The first-order valence-electron chi connectivity index (χ1n) is 4.23. The lowest BCUT2D eigenvalue weighted by Crippen LogP contribution is -2.23. The smallest absolute Gasteiger partial charge is 0.271 e. The van der Waals surface area contributed by atoms with Crippen molar-refractivity contribution in [3.05, 3.63) is 28.5 Å². The second-order valence-corrected chi connectivity index (χ2v) is 3.79. The molecule has 2 aromatic rings. The zero-order valence-corrected chi connectivity index (χ0v) is 8.54. The van der Waals surface area contributed by atoms with Gasteiger partial charge in [0.05, 0.1) is 18.4 Å². The quantitative estimate of drug-likeness (QED) is 0.700. The zero-order valence-electron chi connectivity index (χ0n) is 7.73. The molecule has 6 nitrogen and oxygen atoms in total. The molecule has 4 N–H and O–H groups in total. The Bertz CT molecular complexity index is 449. The predicted octanol–water partition coefficient (Wildman–Crippen LogP) is 0.378. The molecular weight excluding hydrogens is 214 g/mol. The highest BCUT2D eigenvalue weighted by atomic mass is 32.1. The summed E-state index contributed by atoms with van der Waals surface area (Å²) in [5, 5.41) is 11.6. The minimum atomic E-state index is -0.278. The lowest BCUT2D eigenvalue weighted by molar-refractivity contribution is 0.0947. The van der Waals surface area contributed by atoms with E-state index < -0.39 is 0 Å². The maximum Gasteiger partial charge on any atom is 0.271 e. The molecule has 0 aliphatic carbocycles. The van der Waals surface area contributed by atoms with Crippen LogP contribution in [0.1, 0.15) is 15.5 Å². The van der Waals surface area contributed by atoms with E-state index in [0.717, 1.165) is 5.01 Å². The van der Waals surface area contributed by atoms with E-state index in [1.54, 1.807) is 6.20 Å². The predicted molar refractivity (Wildman–Crippen MR) is 56.3 cm³/mol. The Kier molecular flexibility index (Phi) is 2.64. The fourth-order valence-electron chi connectivity index (χ4n) is 1.06. The molecule has 7 heteroatoms. The highest BCUT2D eigenvalue weighted by molar-refractivity contribution is 7.09. The minimum Gasteiger partial charge on any atom is -0.396 e. The minimum absolute atomic E-state index is 0.278. The molecule has 15 heavy (non-hydrogen) atoms. The van der Waals surface area contributed by atoms with Gasteiger partial charge in [-0.25, -0.2) is 4.98 Å². The number of nitrogens with two attached hydrogens (primary N) is 1. The van der Waals surface area contributed by atoms with E-state index in [2.05, 4.69) is 20.5 Å². The molecule has 0 fully saturated rings. The van der Waals surface area contributed by atoms with Gasteiger partial charge in [-0.15, -0.1) is 11.3 Å². The Labute approximate surface area is 89.5 Å². The molecule has 1 amide bonds. The fraction of sp³-hybridized carbons (Fsp3) is 0.125. The zero-order chi connectivity index (χ0) is 10.7. The number of carbonyl (C=O) groups is 1. The van der Waals surface area contributed by atoms with Crippen molar-refractivity contribution in [2.75, 3.05) is 5.73 Å². The van der Waals surface area contributed by atoms with Crippen molar-refractivity contribution >= 4 is 22.9 Å². The number of thiazole rings is 1. The lowest BCUT2D eigenvalue weighted by atomic mass is 10.3. The Morgan fingerprint density at radius 3 is 3.13 bits per heavy atom. The third kappa shape index (κ3) is 2.13. The number of hydrogen-bond donors (Lipinski definition) is 3. The van der Waals surface area contributed by atoms with Gasteiger partial charge in [0.15, 0.2) is 0 Å². The van der Waals surface area contributed by atoms with E-state index in [1.807, 2.05) is 5.38 Å². The highest BCUT2D eigenvalue weighted by Crippen LogP contribution is 2.07. The van der Waals surface area contributed by atoms with Crippen molar-refractivity contribution in [2.45, 2.75) is 6.54 Å². The number of hydrogen-bond acceptors (Lipinski definition) is 5. The van der Waals surface area contributed by atoms with Gasteiger partial charge < -0.3 is 11.1 Å². The summed E-state index contributed by atoms with van der Waals surface area (Å²) >= 11 is 1.48. The molecule has 2 aromatic heterocycles. The summed E-state index contributed by atoms with van der Waals surface area (Å²) in [4.78, 5) is 15.6. The van der Waals surface area contributed by atoms with Crippen LogP contribution in [0.3, 0.4) is 0 Å². The third-order valence-electron chi connectivity index (χ3n) is 1.78. The van der Waals surface area contributed by atoms with Crippen LogP contribution in [-0.4, -0.2) is 21.1 Å². The maximum atomic E-state index is 11.5. The molecule has 0 saturated carbocycles. The summed E-state index contributed by atoms with van der Waals surface area (Å²) in [6.45, 7) is 0.398. The number of aromatic amines is 1. The maximum absolute atomic E-state index is 11.5. The molecule has 0 bridgehead atoms. The standard InChI is InChI=1S/C8H9N5OS/c9-5-3-12-13-7(5)8(14)11-4-6-10-1-2-15-6/h1-3H,4,9H2,(H,11,14)(H,12,13). The Morgan fingerprint density at radius 1 is 1.67 bits per heavy atom. The monoisotopic (exact) mass is 223 g/mol. The number of nitrogens with one attached hydrogen (secondary N) is 2. The molecule has 0 aliphatic heterocycles. The molecule has 0 atom stereocenters. The second-order valence-electron chi connectivity index (χ2n) is 2.81. The number of H-pyrrole nitrogens is 1. The van der Waals surface area contributed by atoms with Gasteiger partial charge in [0.25, 0.3) is 5.91 Å². The molecule has 2 heterocycles. The van der Waals surface area contributed by atoms with E-state index >= 15 is 0 Å². The van der Waals surface area contributed by atoms with Gasteiger partial charge in [0.2, 0.25) is 0 Å². The first-order chi connectivity index (χ1) is 7.27. The molecule has 0 unspecified atom stereocenters. The van der Waals surface area contributed by atoms with Crippen LogP contribution in [0.2, 0.25) is 0 Å². The highest BCUT2D eigenvalue weighted by Gasteiger charge is 2.11. The van der Waals surface area contributed by atoms with E-state index in [-0.39, 0.29) is 11.6 Å². The number of nitrogens with zero attached hydrogens (tertiary/aromatic N) is 2. The summed E-state index contributed by atoms with van der Waals surface area (Å²) in [5.41, 5.74) is 6.15. The number of nitrogen functional groups attached to an aromatic ring is 1. The normalized spacial score (nSPS) is 10.1. The van der Waals surface area contributed by atoms with Crippen LogP contribution in [0.5, 0.6) is 0 Å². The molecule has 0 aliphatic rings. The van der Waals surface area contributed by atoms with Crippen molar-refractivity contribution in [3.8, 4) is 0 Å². The largest absolute Gasteiger partial charge is 0.396 e. The molecule has 2 rings (SSSR count). The first-order valence-corrected chi connectivity index (χ1v) is 5.11. The van der Waals surface area contributed by atoms with Crippen LogP contribution in [-0.2, 0) is 6.54 Å². The van der Waals surface area contributed by atoms with Gasteiger partial charge in [-0.3, -0.25) is 9.89 Å². The Balaban J connectivity index is 1.96. The van der Waals surface area contributed by atoms with Crippen molar-refractivity contribution in [3.63, 3.8) is 0 Å². The van der Waals surface area contributed by atoms with Crippen molar-refractivity contribution < 1.29 is 4.79 Å². The van der Waals surface area contributed by atoms with Gasteiger partial charge in [-0.05, 0) is 0 Å². The topological polar surface area (TPSA) is 96.7 Å². The van der Waals surface area contributed by atoms with Crippen LogP contribution in [0.4, 0.5) is 5.69 Å². The molecule has 0 aromatic carbocycles. The molecule has 0 saturated heterocycles. The van der Waals surface area contributed by atoms with E-state index in [1.165, 1.54) is 17.5 Å². The number of amides is 1. The summed E-state index contributed by atoms with van der Waals surface area (Å²) in [5.74, 6) is -0.278. The average Bonchev–Trinajstić information content (AvgIpc) is 2.84. The van der Waals surface area contributed by atoms with Crippen molar-refractivity contribution in [1.29, 1.82) is 0 Å². The lowest BCUT2D eigenvalue weighted by Gasteiger charge is -2.00. The second kappa shape index (κ2) is 4.09. The average molecular weight is 223 g/mol. The van der Waals surface area contributed by atoms with Crippen LogP contribution in [0.15, 0.2) is 17.8 Å². The Hall–Kier alpha value is -1.89. The third-order valence-corrected chi connectivity index (χ3v) is 2.56. The molecule has 0 radical (unpaired) electrons.